The molecule has 4 amide bonds. The minimum absolute atomic E-state index is 0.0188. The highest BCUT2D eigenvalue weighted by Crippen LogP contribution is 2.12. The third-order valence-electron chi connectivity index (χ3n) is 4.65. The summed E-state index contributed by atoms with van der Waals surface area (Å²) in [6, 6.07) is 0.369. The van der Waals surface area contributed by atoms with E-state index in [-0.39, 0.29) is 30.8 Å². The zero-order valence-corrected chi connectivity index (χ0v) is 19.0. The fourth-order valence-electron chi connectivity index (χ4n) is 2.72. The number of phenolic OH excluding ortho intramolecular Hbond substituents is 1. The van der Waals surface area contributed by atoms with Gasteiger partial charge in [0, 0.05) is 18.6 Å². The van der Waals surface area contributed by atoms with Gasteiger partial charge in [0.05, 0.1) is 12.6 Å². The van der Waals surface area contributed by atoms with Crippen molar-refractivity contribution in [2.24, 2.45) is 11.5 Å². The van der Waals surface area contributed by atoms with E-state index in [2.05, 4.69) is 28.6 Å². The highest BCUT2D eigenvalue weighted by molar-refractivity contribution is 7.80. The van der Waals surface area contributed by atoms with Gasteiger partial charge in [-0.25, -0.2) is 4.79 Å². The van der Waals surface area contributed by atoms with Crippen LogP contribution in [0.15, 0.2) is 24.3 Å². The molecular weight excluding hydrogens is 470 g/mol. The Balaban J connectivity index is 2.95. The van der Waals surface area contributed by atoms with Gasteiger partial charge in [-0.2, -0.15) is 12.6 Å². The number of benzene rings is 1. The average Bonchev–Trinajstić information content (AvgIpc) is 2.79. The molecule has 4 unspecified atom stereocenters. The van der Waals surface area contributed by atoms with Crippen molar-refractivity contribution in [2.45, 2.75) is 43.4 Å². The zero-order valence-electron chi connectivity index (χ0n) is 18.1. The number of carbonyl (C=O) groups excluding carboxylic acids is 4. The first-order valence-electron chi connectivity index (χ1n) is 10.2. The SMILES string of the molecule is NC(=O)CCC(NC(=O)C(CO)NC(=O)C(N)CS)C(=O)NC(Cc1ccc(O)cc1)C(=O)O. The maximum absolute atomic E-state index is 12.8. The monoisotopic (exact) mass is 499 g/mol. The predicted octanol–water partition coefficient (Wildman–Crippen LogP) is -3.01. The maximum Gasteiger partial charge on any atom is 0.326 e. The number of carboxylic acids is 1. The van der Waals surface area contributed by atoms with Gasteiger partial charge in [-0.1, -0.05) is 12.1 Å². The van der Waals surface area contributed by atoms with Gasteiger partial charge in [0.15, 0.2) is 0 Å². The first-order valence-corrected chi connectivity index (χ1v) is 10.8. The van der Waals surface area contributed by atoms with E-state index < -0.39 is 60.4 Å². The molecule has 34 heavy (non-hydrogen) atoms. The van der Waals surface area contributed by atoms with Crippen LogP contribution < -0.4 is 27.4 Å². The number of nitrogens with one attached hydrogen (secondary N) is 3. The Morgan fingerprint density at radius 2 is 1.44 bits per heavy atom. The van der Waals surface area contributed by atoms with E-state index in [1.807, 2.05) is 0 Å². The van der Waals surface area contributed by atoms with Crippen molar-refractivity contribution in [3.05, 3.63) is 29.8 Å². The molecule has 0 aliphatic rings. The van der Waals surface area contributed by atoms with Crippen LogP contribution in [0.4, 0.5) is 0 Å². The second kappa shape index (κ2) is 14.0. The molecule has 1 rings (SSSR count). The maximum atomic E-state index is 12.8. The Morgan fingerprint density at radius 1 is 0.912 bits per heavy atom. The number of amides is 4. The standard InChI is InChI=1S/C20H29N5O8S/c21-12(9-34)17(29)25-15(8-26)19(31)23-13(5-6-16(22)28)18(30)24-14(20(32)33)7-10-1-3-11(27)4-2-10/h1-4,12-15,26-27,34H,5-9,21H2,(H2,22,28)(H,23,31)(H,24,30)(H,25,29)(H,32,33). The van der Waals surface area contributed by atoms with Gasteiger partial charge < -0.3 is 42.7 Å². The fraction of sp³-hybridized carbons (Fsp3) is 0.450. The number of carboxylic acid groups (broad SMARTS) is 1. The van der Waals surface area contributed by atoms with Gasteiger partial charge in [0.25, 0.3) is 0 Å². The molecule has 0 radical (unpaired) electrons. The number of aliphatic hydroxyl groups is 1. The van der Waals surface area contributed by atoms with Crippen molar-refractivity contribution in [2.75, 3.05) is 12.4 Å². The molecule has 0 spiro atoms. The van der Waals surface area contributed by atoms with Gasteiger partial charge in [-0.15, -0.1) is 0 Å². The number of rotatable bonds is 14. The second-order valence-corrected chi connectivity index (χ2v) is 7.73. The number of hydrogen-bond acceptors (Lipinski definition) is 9. The fourth-order valence-corrected chi connectivity index (χ4v) is 2.89. The van der Waals surface area contributed by atoms with Crippen LogP contribution in [0.3, 0.4) is 0 Å². The average molecular weight is 500 g/mol. The minimum atomic E-state index is -1.46. The van der Waals surface area contributed by atoms with Crippen LogP contribution in [-0.4, -0.2) is 81.4 Å². The summed E-state index contributed by atoms with van der Waals surface area (Å²) in [4.78, 5) is 60.1. The zero-order chi connectivity index (χ0) is 25.8. The lowest BCUT2D eigenvalue weighted by atomic mass is 10.0. The molecule has 13 nitrogen and oxygen atoms in total. The van der Waals surface area contributed by atoms with E-state index in [1.54, 1.807) is 0 Å². The molecule has 10 N–H and O–H groups in total. The molecule has 0 bridgehead atoms. The predicted molar refractivity (Wildman–Crippen MR) is 123 cm³/mol. The number of carbonyl (C=O) groups is 5. The lowest BCUT2D eigenvalue weighted by Crippen LogP contribution is -2.58. The number of hydrogen-bond donors (Lipinski definition) is 9. The van der Waals surface area contributed by atoms with Gasteiger partial charge in [-0.05, 0) is 24.1 Å². The summed E-state index contributed by atoms with van der Waals surface area (Å²) in [5, 5.41) is 35.1. The number of aromatic hydroxyl groups is 1. The van der Waals surface area contributed by atoms with Crippen molar-refractivity contribution < 1.29 is 39.3 Å². The number of primary amides is 1. The third kappa shape index (κ3) is 9.64. The number of aliphatic carboxylic acids is 1. The molecule has 0 saturated carbocycles. The first kappa shape index (κ1) is 28.7. The van der Waals surface area contributed by atoms with Crippen LogP contribution >= 0.6 is 12.6 Å². The smallest absolute Gasteiger partial charge is 0.326 e. The number of thiol groups is 1. The molecule has 4 atom stereocenters. The summed E-state index contributed by atoms with van der Waals surface area (Å²) in [7, 11) is 0. The first-order chi connectivity index (χ1) is 16.0. The summed E-state index contributed by atoms with van der Waals surface area (Å²) >= 11 is 3.87. The highest BCUT2D eigenvalue weighted by Gasteiger charge is 2.30. The summed E-state index contributed by atoms with van der Waals surface area (Å²) < 4.78 is 0. The summed E-state index contributed by atoms with van der Waals surface area (Å²) in [5.74, 6) is -4.81. The molecule has 188 valence electrons. The van der Waals surface area contributed by atoms with Crippen molar-refractivity contribution in [3.63, 3.8) is 0 Å². The van der Waals surface area contributed by atoms with Gasteiger partial charge in [0.1, 0.15) is 23.9 Å². The minimum Gasteiger partial charge on any atom is -0.508 e. The van der Waals surface area contributed by atoms with Crippen molar-refractivity contribution >= 4 is 42.2 Å². The summed E-state index contributed by atoms with van der Waals surface area (Å²) in [5.41, 5.74) is 11.1. The van der Waals surface area contributed by atoms with Crippen LogP contribution in [-0.2, 0) is 30.4 Å². The van der Waals surface area contributed by atoms with Gasteiger partial charge in [-0.3, -0.25) is 19.2 Å². The Kier molecular flexibility index (Phi) is 11.8. The molecule has 14 heteroatoms. The van der Waals surface area contributed by atoms with Crippen molar-refractivity contribution in [3.8, 4) is 5.75 Å². The second-order valence-electron chi connectivity index (χ2n) is 7.37. The topological polar surface area (TPSA) is 234 Å². The molecule has 0 saturated heterocycles. The number of aliphatic hydroxyl groups excluding tert-OH is 1. The van der Waals surface area contributed by atoms with Crippen LogP contribution in [0.2, 0.25) is 0 Å². The Hall–Kier alpha value is -3.36. The number of phenols is 1. The lowest BCUT2D eigenvalue weighted by Gasteiger charge is -2.24. The van der Waals surface area contributed by atoms with E-state index in [9.17, 15) is 39.3 Å². The summed E-state index contributed by atoms with van der Waals surface area (Å²) in [6.45, 7) is -0.820. The third-order valence-corrected chi connectivity index (χ3v) is 5.05. The largest absolute Gasteiger partial charge is 0.508 e. The highest BCUT2D eigenvalue weighted by atomic mass is 32.1. The van der Waals surface area contributed by atoms with Crippen molar-refractivity contribution in [1.82, 2.24) is 16.0 Å². The van der Waals surface area contributed by atoms with E-state index in [1.165, 1.54) is 24.3 Å². The van der Waals surface area contributed by atoms with Gasteiger partial charge >= 0.3 is 5.97 Å². The molecule has 1 aromatic carbocycles. The molecule has 0 aromatic heterocycles. The molecule has 0 heterocycles. The molecule has 0 aliphatic carbocycles. The Labute approximate surface area is 200 Å². The molecule has 1 aromatic rings. The molecular formula is C20H29N5O8S. The van der Waals surface area contributed by atoms with Gasteiger partial charge in [0.2, 0.25) is 23.6 Å². The Bertz CT molecular complexity index is 882. The summed E-state index contributed by atoms with van der Waals surface area (Å²) in [6.07, 6.45) is -0.704. The van der Waals surface area contributed by atoms with Crippen LogP contribution in [0, 0.1) is 0 Å². The van der Waals surface area contributed by atoms with Crippen molar-refractivity contribution in [1.29, 1.82) is 0 Å². The molecule has 0 fully saturated rings. The van der Waals surface area contributed by atoms with Crippen LogP contribution in [0.25, 0.3) is 0 Å². The number of nitrogens with two attached hydrogens (primary N) is 2. The van der Waals surface area contributed by atoms with E-state index >= 15 is 0 Å². The van der Waals surface area contributed by atoms with Crippen LogP contribution in [0.5, 0.6) is 5.75 Å². The van der Waals surface area contributed by atoms with E-state index in [0.29, 0.717) is 5.56 Å². The molecule has 0 aliphatic heterocycles. The lowest BCUT2D eigenvalue weighted by molar-refractivity contribution is -0.142. The van der Waals surface area contributed by atoms with E-state index in [4.69, 9.17) is 11.5 Å². The van der Waals surface area contributed by atoms with Crippen LogP contribution in [0.1, 0.15) is 18.4 Å². The normalized spacial score (nSPS) is 14.2. The Morgan fingerprint density at radius 3 is 1.94 bits per heavy atom. The quantitative estimate of drug-likeness (QED) is 0.118. The van der Waals surface area contributed by atoms with E-state index in [0.717, 1.165) is 0 Å².